The third-order valence-corrected chi connectivity index (χ3v) is 5.72. The summed E-state index contributed by atoms with van der Waals surface area (Å²) in [6, 6.07) is 17.5. The van der Waals surface area contributed by atoms with Crippen LogP contribution in [-0.2, 0) is 4.79 Å². The lowest BCUT2D eigenvalue weighted by molar-refractivity contribution is -0.116. The third kappa shape index (κ3) is 3.11. The molecule has 1 aromatic heterocycles. The van der Waals surface area contributed by atoms with Crippen molar-refractivity contribution < 1.29 is 4.79 Å². The van der Waals surface area contributed by atoms with Crippen molar-refractivity contribution >= 4 is 28.5 Å². The van der Waals surface area contributed by atoms with Gasteiger partial charge in [0.25, 0.3) is 5.91 Å². The maximum Gasteiger partial charge on any atom is 0.276 e. The number of aromatic nitrogens is 2. The van der Waals surface area contributed by atoms with Gasteiger partial charge < -0.3 is 0 Å². The fourth-order valence-corrected chi connectivity index (χ4v) is 4.15. The standard InChI is InChI=1S/C22H18N6OS/c1-2-12-30-22-25-21(29)19-15-10-6-7-11-17(15)24-20(28(19)27-22)16-13-23-26-18(16)14-8-4-3-5-9-14/h2-11,13,20H,1,12H2,(H,23,26)(H,25,27,29). The van der Waals surface area contributed by atoms with Gasteiger partial charge in [0.2, 0.25) is 0 Å². The summed E-state index contributed by atoms with van der Waals surface area (Å²) in [6.07, 6.45) is 3.00. The van der Waals surface area contributed by atoms with Crippen LogP contribution in [0.3, 0.4) is 0 Å². The first kappa shape index (κ1) is 18.4. The largest absolute Gasteiger partial charge is 0.298 e. The van der Waals surface area contributed by atoms with Gasteiger partial charge in [0.05, 0.1) is 17.2 Å². The molecule has 1 amide bonds. The lowest BCUT2D eigenvalue weighted by Crippen LogP contribution is -2.50. The maximum absolute atomic E-state index is 13.1. The van der Waals surface area contributed by atoms with Gasteiger partial charge in [-0.3, -0.25) is 20.2 Å². The van der Waals surface area contributed by atoms with Crippen molar-refractivity contribution in [2.24, 2.45) is 10.1 Å². The number of aromatic amines is 1. The van der Waals surface area contributed by atoms with E-state index in [4.69, 9.17) is 10.1 Å². The number of amidine groups is 1. The van der Waals surface area contributed by atoms with Crippen LogP contribution in [0.1, 0.15) is 11.7 Å². The van der Waals surface area contributed by atoms with Gasteiger partial charge in [0.15, 0.2) is 11.3 Å². The van der Waals surface area contributed by atoms with Gasteiger partial charge in [-0.1, -0.05) is 66.4 Å². The highest BCUT2D eigenvalue weighted by Gasteiger charge is 2.36. The summed E-state index contributed by atoms with van der Waals surface area (Å²) >= 11 is 1.42. The molecular formula is C22H18N6OS. The predicted molar refractivity (Wildman–Crippen MR) is 117 cm³/mol. The molecule has 0 bridgehead atoms. The molecule has 0 fully saturated rings. The Hall–Kier alpha value is -3.65. The van der Waals surface area contributed by atoms with Crippen molar-refractivity contribution in [1.82, 2.24) is 20.5 Å². The number of nitrogens with zero attached hydrogens (tertiary/aromatic N) is 4. The van der Waals surface area contributed by atoms with Crippen molar-refractivity contribution in [3.63, 3.8) is 0 Å². The van der Waals surface area contributed by atoms with Gasteiger partial charge in [-0.25, -0.2) is 5.01 Å². The van der Waals surface area contributed by atoms with Crippen LogP contribution in [0.4, 0.5) is 0 Å². The quantitative estimate of drug-likeness (QED) is 0.641. The number of hydrogen-bond donors (Lipinski definition) is 2. The Labute approximate surface area is 176 Å². The average molecular weight is 414 g/mol. The van der Waals surface area contributed by atoms with Crippen LogP contribution in [0.25, 0.3) is 17.0 Å². The van der Waals surface area contributed by atoms with E-state index in [0.29, 0.717) is 16.6 Å². The first-order valence-electron chi connectivity index (χ1n) is 9.45. The number of fused-ring (bicyclic) bond motifs is 2. The van der Waals surface area contributed by atoms with Crippen molar-refractivity contribution in [2.75, 3.05) is 5.75 Å². The highest BCUT2D eigenvalue weighted by atomic mass is 32.2. The fourth-order valence-electron chi connectivity index (χ4n) is 3.56. The van der Waals surface area contributed by atoms with Crippen molar-refractivity contribution in [3.8, 4) is 11.3 Å². The summed E-state index contributed by atoms with van der Waals surface area (Å²) in [5.74, 6) is 0.440. The van der Waals surface area contributed by atoms with E-state index in [1.54, 1.807) is 17.3 Å². The maximum atomic E-state index is 13.1. The van der Waals surface area contributed by atoms with Crippen LogP contribution in [0.2, 0.25) is 0 Å². The smallest absolute Gasteiger partial charge is 0.276 e. The fraction of sp³-hybridized carbons (Fsp3) is 0.0909. The summed E-state index contributed by atoms with van der Waals surface area (Å²) < 4.78 is 0. The van der Waals surface area contributed by atoms with Gasteiger partial charge in [-0.05, 0) is 11.6 Å². The van der Waals surface area contributed by atoms with Crippen molar-refractivity contribution in [3.05, 3.63) is 89.6 Å². The molecule has 5 rings (SSSR count). The molecule has 2 N–H and O–H groups in total. The number of para-hydroxylation sites is 1. The number of nitrogens with one attached hydrogen (secondary N) is 2. The summed E-state index contributed by atoms with van der Waals surface area (Å²) in [5.41, 5.74) is 3.17. The Kier molecular flexibility index (Phi) is 4.68. The molecule has 0 saturated heterocycles. The number of H-pyrrole nitrogens is 1. The normalized spacial score (nSPS) is 17.4. The zero-order valence-corrected chi connectivity index (χ0v) is 16.8. The second-order valence-corrected chi connectivity index (χ2v) is 7.75. The molecule has 0 saturated carbocycles. The van der Waals surface area contributed by atoms with Gasteiger partial charge in [0, 0.05) is 16.5 Å². The molecule has 2 aliphatic heterocycles. The Morgan fingerprint density at radius 2 is 1.93 bits per heavy atom. The molecule has 0 aliphatic carbocycles. The Morgan fingerprint density at radius 3 is 2.77 bits per heavy atom. The van der Waals surface area contributed by atoms with E-state index < -0.39 is 6.17 Å². The number of hydrazone groups is 1. The highest BCUT2D eigenvalue weighted by molar-refractivity contribution is 8.14. The van der Waals surface area contributed by atoms with Crippen LogP contribution in [0.15, 0.2) is 83.5 Å². The molecule has 3 heterocycles. The third-order valence-electron chi connectivity index (χ3n) is 4.86. The molecular weight excluding hydrogens is 396 g/mol. The molecule has 3 aromatic rings. The Balaban J connectivity index is 1.70. The zero-order chi connectivity index (χ0) is 20.5. The van der Waals surface area contributed by atoms with E-state index in [0.717, 1.165) is 27.4 Å². The van der Waals surface area contributed by atoms with Crippen LogP contribution in [-0.4, -0.2) is 32.0 Å². The van der Waals surface area contributed by atoms with E-state index in [9.17, 15) is 4.79 Å². The first-order valence-corrected chi connectivity index (χ1v) is 10.4. The van der Waals surface area contributed by atoms with E-state index in [-0.39, 0.29) is 5.91 Å². The van der Waals surface area contributed by atoms with E-state index in [1.807, 2.05) is 54.6 Å². The van der Waals surface area contributed by atoms with Crippen LogP contribution < -0.4 is 15.9 Å². The number of carbonyl (C=O) groups is 1. The molecule has 8 heteroatoms. The summed E-state index contributed by atoms with van der Waals surface area (Å²) in [5, 5.41) is 18.7. The lowest BCUT2D eigenvalue weighted by Gasteiger charge is -2.33. The zero-order valence-electron chi connectivity index (χ0n) is 15.9. The second kappa shape index (κ2) is 7.64. The molecule has 0 radical (unpaired) electrons. The van der Waals surface area contributed by atoms with Crippen LogP contribution in [0.5, 0.6) is 0 Å². The SMILES string of the molecule is C=CCSC1=NN2C(=c3ccccc3=NC2c2cn[nH]c2-c2ccccc2)C(=O)N1. The molecule has 2 aromatic carbocycles. The van der Waals surface area contributed by atoms with Crippen molar-refractivity contribution in [2.45, 2.75) is 6.17 Å². The Bertz CT molecular complexity index is 1280. The minimum absolute atomic E-state index is 0.200. The Morgan fingerprint density at radius 1 is 1.13 bits per heavy atom. The molecule has 1 unspecified atom stereocenters. The van der Waals surface area contributed by atoms with E-state index in [1.165, 1.54) is 11.8 Å². The van der Waals surface area contributed by atoms with Gasteiger partial charge in [-0.2, -0.15) is 5.10 Å². The number of thioether (sulfide) groups is 1. The van der Waals surface area contributed by atoms with Gasteiger partial charge >= 0.3 is 0 Å². The minimum Gasteiger partial charge on any atom is -0.298 e. The minimum atomic E-state index is -0.519. The second-order valence-electron chi connectivity index (χ2n) is 6.74. The molecule has 148 valence electrons. The van der Waals surface area contributed by atoms with Crippen molar-refractivity contribution in [1.29, 1.82) is 0 Å². The number of amides is 1. The van der Waals surface area contributed by atoms with E-state index >= 15 is 0 Å². The highest BCUT2D eigenvalue weighted by Crippen LogP contribution is 2.35. The van der Waals surface area contributed by atoms with E-state index in [2.05, 4.69) is 22.1 Å². The van der Waals surface area contributed by atoms with Crippen LogP contribution >= 0.6 is 11.8 Å². The summed E-state index contributed by atoms with van der Waals surface area (Å²) in [7, 11) is 0. The first-order chi connectivity index (χ1) is 14.8. The van der Waals surface area contributed by atoms with Gasteiger partial charge in [-0.15, -0.1) is 11.7 Å². The number of carbonyl (C=O) groups excluding carboxylic acids is 1. The van der Waals surface area contributed by atoms with Gasteiger partial charge in [0.1, 0.15) is 5.70 Å². The molecule has 2 aliphatic rings. The number of benzene rings is 2. The molecule has 0 spiro atoms. The topological polar surface area (TPSA) is 85.7 Å². The summed E-state index contributed by atoms with van der Waals surface area (Å²) in [6.45, 7) is 3.74. The number of hydrogen-bond acceptors (Lipinski definition) is 6. The monoisotopic (exact) mass is 414 g/mol. The number of rotatable bonds is 4. The molecule has 30 heavy (non-hydrogen) atoms. The lowest BCUT2D eigenvalue weighted by atomic mass is 10.0. The average Bonchev–Trinajstić information content (AvgIpc) is 3.27. The predicted octanol–water partition coefficient (Wildman–Crippen LogP) is 2.14. The summed E-state index contributed by atoms with van der Waals surface area (Å²) in [4.78, 5) is 18.0. The van der Waals surface area contributed by atoms with Crippen LogP contribution in [0, 0.1) is 0 Å². The molecule has 1 atom stereocenters. The molecule has 7 nitrogen and oxygen atoms in total.